The molecule has 0 bridgehead atoms. The summed E-state index contributed by atoms with van der Waals surface area (Å²) in [5.74, 6) is 0.0256. The Bertz CT molecular complexity index is 997. The Morgan fingerprint density at radius 3 is 2.65 bits per heavy atom. The molecule has 0 aliphatic rings. The number of nitrogens with one attached hydrogen (secondary N) is 1. The van der Waals surface area contributed by atoms with Crippen molar-refractivity contribution in [2.45, 2.75) is 19.4 Å². The van der Waals surface area contributed by atoms with Crippen molar-refractivity contribution < 1.29 is 14.7 Å². The minimum absolute atomic E-state index is 0.176. The van der Waals surface area contributed by atoms with Gasteiger partial charge >= 0.3 is 0 Å². The lowest BCUT2D eigenvalue weighted by Crippen LogP contribution is -2.41. The lowest BCUT2D eigenvalue weighted by molar-refractivity contribution is 0.0706. The molecular weight excluding hydrogens is 334 g/mol. The molecule has 134 valence electrons. The summed E-state index contributed by atoms with van der Waals surface area (Å²) in [5, 5.41) is 9.07. The van der Waals surface area contributed by atoms with E-state index in [1.165, 1.54) is 23.0 Å². The molecule has 1 amide bonds. The molecule has 3 aromatic rings. The van der Waals surface area contributed by atoms with E-state index < -0.39 is 11.4 Å². The number of fused-ring (bicyclic) bond motifs is 1. The highest BCUT2D eigenvalue weighted by Crippen LogP contribution is 2.18. The molecule has 0 unspecified atom stereocenters. The fraction of sp³-hybridized carbons (Fsp3) is 0.211. The number of benzene rings is 2. The highest BCUT2D eigenvalue weighted by atomic mass is 16.5. The van der Waals surface area contributed by atoms with Gasteiger partial charge in [-0.05, 0) is 44.2 Å². The zero-order valence-corrected chi connectivity index (χ0v) is 14.5. The van der Waals surface area contributed by atoms with Gasteiger partial charge in [-0.1, -0.05) is 18.2 Å². The van der Waals surface area contributed by atoms with Crippen LogP contribution in [0.1, 0.15) is 24.2 Å². The van der Waals surface area contributed by atoms with Crippen LogP contribution in [-0.2, 0) is 5.54 Å². The van der Waals surface area contributed by atoms with Crippen molar-refractivity contribution in [3.05, 3.63) is 70.8 Å². The summed E-state index contributed by atoms with van der Waals surface area (Å²) in [5.41, 5.74) is 1.26. The van der Waals surface area contributed by atoms with Crippen LogP contribution in [0, 0.1) is 0 Å². The van der Waals surface area contributed by atoms with Gasteiger partial charge in [0.1, 0.15) is 12.4 Å². The fourth-order valence-corrected chi connectivity index (χ4v) is 2.61. The molecule has 0 aliphatic heterocycles. The molecule has 0 radical (unpaired) electrons. The Kier molecular flexibility index (Phi) is 4.73. The molecule has 2 N–H and O–H groups in total. The molecule has 2 aromatic carbocycles. The van der Waals surface area contributed by atoms with Crippen LogP contribution in [0.5, 0.6) is 5.75 Å². The highest BCUT2D eigenvalue weighted by molar-refractivity contribution is 5.97. The van der Waals surface area contributed by atoms with Crippen molar-refractivity contribution in [1.29, 1.82) is 0 Å². The van der Waals surface area contributed by atoms with Gasteiger partial charge in [0.15, 0.2) is 0 Å². The van der Waals surface area contributed by atoms with E-state index in [1.807, 2.05) is 44.2 Å². The molecule has 0 spiro atoms. The number of ether oxygens (including phenoxy) is 1. The van der Waals surface area contributed by atoms with E-state index >= 15 is 0 Å². The first kappa shape index (κ1) is 17.6. The van der Waals surface area contributed by atoms with E-state index in [-0.39, 0.29) is 17.7 Å². The van der Waals surface area contributed by atoms with Crippen LogP contribution in [0.2, 0.25) is 0 Å². The Morgan fingerprint density at radius 1 is 1.23 bits per heavy atom. The molecule has 3 rings (SSSR count). The number of para-hydroxylation sites is 1. The smallest absolute Gasteiger partial charge is 0.274 e. The number of carbonyl (C=O) groups is 1. The van der Waals surface area contributed by atoms with E-state index in [0.29, 0.717) is 16.7 Å². The second-order valence-corrected chi connectivity index (χ2v) is 6.51. The molecule has 7 nitrogen and oxygen atoms in total. The average Bonchev–Trinajstić information content (AvgIpc) is 2.66. The van der Waals surface area contributed by atoms with Gasteiger partial charge in [0.25, 0.3) is 11.5 Å². The quantitative estimate of drug-likeness (QED) is 0.542. The predicted octanol–water partition coefficient (Wildman–Crippen LogP) is 2.33. The maximum atomic E-state index is 12.9. The van der Waals surface area contributed by atoms with Crippen molar-refractivity contribution in [3.63, 3.8) is 0 Å². The first-order valence-corrected chi connectivity index (χ1v) is 8.06. The van der Waals surface area contributed by atoms with Gasteiger partial charge in [0.2, 0.25) is 0 Å². The van der Waals surface area contributed by atoms with Crippen LogP contribution in [0.4, 0.5) is 0 Å². The maximum Gasteiger partial charge on any atom is 0.274 e. The summed E-state index contributed by atoms with van der Waals surface area (Å²) in [7, 11) is 0. The predicted molar refractivity (Wildman–Crippen MR) is 96.5 cm³/mol. The van der Waals surface area contributed by atoms with E-state index in [2.05, 4.69) is 4.98 Å². The van der Waals surface area contributed by atoms with Crippen molar-refractivity contribution in [1.82, 2.24) is 15.0 Å². The molecule has 0 saturated carbocycles. The Labute approximate surface area is 149 Å². The topological polar surface area (TPSA) is 93.5 Å². The van der Waals surface area contributed by atoms with Gasteiger partial charge in [0.05, 0.1) is 22.8 Å². The van der Waals surface area contributed by atoms with Crippen molar-refractivity contribution >= 4 is 16.8 Å². The van der Waals surface area contributed by atoms with Crippen LogP contribution >= 0.6 is 0 Å². The number of carbonyl (C=O) groups excluding carboxylic acids is 1. The van der Waals surface area contributed by atoms with Crippen LogP contribution in [0.3, 0.4) is 0 Å². The van der Waals surface area contributed by atoms with E-state index in [4.69, 9.17) is 9.94 Å². The third kappa shape index (κ3) is 3.43. The largest absolute Gasteiger partial charge is 0.491 e. The number of rotatable bonds is 5. The van der Waals surface area contributed by atoms with E-state index in [9.17, 15) is 9.59 Å². The number of amides is 1. The van der Waals surface area contributed by atoms with Crippen molar-refractivity contribution in [3.8, 4) is 5.75 Å². The molecular formula is C19H19N3O4. The van der Waals surface area contributed by atoms with E-state index in [0.717, 1.165) is 0 Å². The maximum absolute atomic E-state index is 12.9. The Morgan fingerprint density at radius 2 is 1.96 bits per heavy atom. The Hall–Kier alpha value is -3.19. The molecule has 0 fully saturated rings. The molecule has 0 atom stereocenters. The number of hydrogen-bond acceptors (Lipinski definition) is 5. The molecule has 0 saturated heterocycles. The molecule has 0 aliphatic carbocycles. The lowest BCUT2D eigenvalue weighted by atomic mass is 10.1. The second kappa shape index (κ2) is 6.97. The van der Waals surface area contributed by atoms with Gasteiger partial charge in [0, 0.05) is 5.56 Å². The molecule has 7 heteroatoms. The van der Waals surface area contributed by atoms with Crippen LogP contribution < -0.4 is 15.8 Å². The monoisotopic (exact) mass is 353 g/mol. The van der Waals surface area contributed by atoms with Gasteiger partial charge in [-0.3, -0.25) is 19.4 Å². The van der Waals surface area contributed by atoms with Crippen LogP contribution in [0.15, 0.2) is 59.7 Å². The zero-order valence-electron chi connectivity index (χ0n) is 14.5. The highest BCUT2D eigenvalue weighted by Gasteiger charge is 2.24. The third-order valence-electron chi connectivity index (χ3n) is 4.11. The standard InChI is InChI=1S/C19H19N3O4/c1-19(2,11-26-14-6-4-3-5-7-14)22-12-20-16-9-8-13(17(23)21-25)10-15(16)18(22)24/h3-10,12,25H,11H2,1-2H3,(H,21,23). The first-order chi connectivity index (χ1) is 12.4. The van der Waals surface area contributed by atoms with Gasteiger partial charge in [-0.2, -0.15) is 0 Å². The van der Waals surface area contributed by atoms with Crippen LogP contribution in [0.25, 0.3) is 10.9 Å². The summed E-state index contributed by atoms with van der Waals surface area (Å²) < 4.78 is 7.27. The lowest BCUT2D eigenvalue weighted by Gasteiger charge is -2.27. The number of nitrogens with zero attached hydrogens (tertiary/aromatic N) is 2. The summed E-state index contributed by atoms with van der Waals surface area (Å²) in [4.78, 5) is 28.8. The van der Waals surface area contributed by atoms with Gasteiger partial charge in [-0.25, -0.2) is 10.5 Å². The number of aromatic nitrogens is 2. The summed E-state index contributed by atoms with van der Waals surface area (Å²) in [6.07, 6.45) is 1.48. The summed E-state index contributed by atoms with van der Waals surface area (Å²) in [6, 6.07) is 13.8. The summed E-state index contributed by atoms with van der Waals surface area (Å²) in [6.45, 7) is 4.01. The van der Waals surface area contributed by atoms with Gasteiger partial charge < -0.3 is 4.74 Å². The fourth-order valence-electron chi connectivity index (χ4n) is 2.61. The second-order valence-electron chi connectivity index (χ2n) is 6.51. The molecule has 26 heavy (non-hydrogen) atoms. The molecule has 1 heterocycles. The van der Waals surface area contributed by atoms with Crippen molar-refractivity contribution in [2.75, 3.05) is 6.61 Å². The minimum atomic E-state index is -0.687. The van der Waals surface area contributed by atoms with Crippen LogP contribution in [-0.4, -0.2) is 27.3 Å². The zero-order chi connectivity index (χ0) is 18.7. The van der Waals surface area contributed by atoms with Crippen molar-refractivity contribution in [2.24, 2.45) is 0 Å². The third-order valence-corrected chi connectivity index (χ3v) is 4.11. The summed E-state index contributed by atoms with van der Waals surface area (Å²) >= 11 is 0. The SMILES string of the molecule is CC(C)(COc1ccccc1)n1cnc2ccc(C(=O)NO)cc2c1=O. The average molecular weight is 353 g/mol. The Balaban J connectivity index is 1.96. The number of hydroxylamine groups is 1. The minimum Gasteiger partial charge on any atom is -0.491 e. The normalized spacial score (nSPS) is 11.3. The number of hydrogen-bond donors (Lipinski definition) is 2. The first-order valence-electron chi connectivity index (χ1n) is 8.06. The molecule has 1 aromatic heterocycles. The van der Waals surface area contributed by atoms with Gasteiger partial charge in [-0.15, -0.1) is 0 Å². The van der Waals surface area contributed by atoms with E-state index in [1.54, 1.807) is 11.5 Å².